The lowest BCUT2D eigenvalue weighted by molar-refractivity contribution is 0.437. The zero-order valence-corrected chi connectivity index (χ0v) is 10.3. The van der Waals surface area contributed by atoms with Crippen LogP contribution in [0.15, 0.2) is 36.4 Å². The van der Waals surface area contributed by atoms with Crippen molar-refractivity contribution in [1.29, 1.82) is 0 Å². The SMILES string of the molecule is CC1CCN(c2ccc3ccccc3n2)CC1. The Balaban J connectivity index is 1.90. The number of hydrogen-bond acceptors (Lipinski definition) is 2. The van der Waals surface area contributed by atoms with Crippen molar-refractivity contribution < 1.29 is 0 Å². The summed E-state index contributed by atoms with van der Waals surface area (Å²) in [5.41, 5.74) is 1.10. The summed E-state index contributed by atoms with van der Waals surface area (Å²) in [6.45, 7) is 4.63. The highest BCUT2D eigenvalue weighted by molar-refractivity contribution is 5.80. The summed E-state index contributed by atoms with van der Waals surface area (Å²) in [4.78, 5) is 7.16. The zero-order valence-electron chi connectivity index (χ0n) is 10.3. The molecule has 0 atom stereocenters. The number of hydrogen-bond donors (Lipinski definition) is 0. The van der Waals surface area contributed by atoms with Gasteiger partial charge in [0.15, 0.2) is 0 Å². The van der Waals surface area contributed by atoms with Gasteiger partial charge in [0.05, 0.1) is 5.52 Å². The third kappa shape index (κ3) is 2.12. The zero-order chi connectivity index (χ0) is 11.7. The van der Waals surface area contributed by atoms with Crippen LogP contribution in [-0.2, 0) is 0 Å². The molecule has 0 unspecified atom stereocenters. The van der Waals surface area contributed by atoms with Gasteiger partial charge < -0.3 is 4.90 Å². The van der Waals surface area contributed by atoms with E-state index >= 15 is 0 Å². The van der Waals surface area contributed by atoms with Gasteiger partial charge in [-0.15, -0.1) is 0 Å². The highest BCUT2D eigenvalue weighted by Gasteiger charge is 2.16. The third-order valence-electron chi connectivity index (χ3n) is 3.69. The van der Waals surface area contributed by atoms with Crippen LogP contribution < -0.4 is 4.90 Å². The molecule has 88 valence electrons. The van der Waals surface area contributed by atoms with E-state index in [4.69, 9.17) is 4.98 Å². The first kappa shape index (κ1) is 10.6. The molecule has 0 aliphatic carbocycles. The summed E-state index contributed by atoms with van der Waals surface area (Å²) in [6, 6.07) is 12.6. The molecule has 0 spiro atoms. The van der Waals surface area contributed by atoms with E-state index in [-0.39, 0.29) is 0 Å². The quantitative estimate of drug-likeness (QED) is 0.740. The molecule has 1 aliphatic rings. The Morgan fingerprint density at radius 3 is 2.65 bits per heavy atom. The molecule has 2 nitrogen and oxygen atoms in total. The number of piperidine rings is 1. The number of benzene rings is 1. The highest BCUT2D eigenvalue weighted by Crippen LogP contribution is 2.23. The molecule has 2 heteroatoms. The van der Waals surface area contributed by atoms with E-state index in [1.165, 1.54) is 18.2 Å². The Hall–Kier alpha value is -1.57. The average molecular weight is 226 g/mol. The molecule has 1 fully saturated rings. The van der Waals surface area contributed by atoms with Gasteiger partial charge in [-0.3, -0.25) is 0 Å². The van der Waals surface area contributed by atoms with Crippen LogP contribution in [-0.4, -0.2) is 18.1 Å². The van der Waals surface area contributed by atoms with E-state index in [2.05, 4.69) is 48.2 Å². The van der Waals surface area contributed by atoms with Gasteiger partial charge >= 0.3 is 0 Å². The normalized spacial score (nSPS) is 17.6. The van der Waals surface area contributed by atoms with Crippen molar-refractivity contribution in [2.75, 3.05) is 18.0 Å². The van der Waals surface area contributed by atoms with Gasteiger partial charge in [0.1, 0.15) is 5.82 Å². The minimum atomic E-state index is 0.867. The van der Waals surface area contributed by atoms with Gasteiger partial charge in [-0.05, 0) is 37.0 Å². The fourth-order valence-electron chi connectivity index (χ4n) is 2.47. The van der Waals surface area contributed by atoms with E-state index in [9.17, 15) is 0 Å². The minimum Gasteiger partial charge on any atom is -0.357 e. The van der Waals surface area contributed by atoms with Crippen LogP contribution in [0.5, 0.6) is 0 Å². The van der Waals surface area contributed by atoms with E-state index < -0.39 is 0 Å². The Morgan fingerprint density at radius 2 is 1.82 bits per heavy atom. The van der Waals surface area contributed by atoms with Gasteiger partial charge in [0.2, 0.25) is 0 Å². The number of anilines is 1. The molecule has 0 N–H and O–H groups in total. The predicted octanol–water partition coefficient (Wildman–Crippen LogP) is 3.47. The van der Waals surface area contributed by atoms with Gasteiger partial charge in [0, 0.05) is 18.5 Å². The maximum absolute atomic E-state index is 4.75. The lowest BCUT2D eigenvalue weighted by Gasteiger charge is -2.31. The van der Waals surface area contributed by atoms with E-state index in [0.717, 1.165) is 30.3 Å². The largest absolute Gasteiger partial charge is 0.357 e. The van der Waals surface area contributed by atoms with Crippen LogP contribution >= 0.6 is 0 Å². The second-order valence-corrected chi connectivity index (χ2v) is 5.03. The number of rotatable bonds is 1. The molecule has 2 heterocycles. The average Bonchev–Trinajstić information content (AvgIpc) is 2.39. The Bertz CT molecular complexity index is 513. The topological polar surface area (TPSA) is 16.1 Å². The molecule has 1 saturated heterocycles. The highest BCUT2D eigenvalue weighted by atomic mass is 15.2. The maximum Gasteiger partial charge on any atom is 0.129 e. The standard InChI is InChI=1S/C15H18N2/c1-12-8-10-17(11-9-12)15-7-6-13-4-2-3-5-14(13)16-15/h2-7,12H,8-11H2,1H3. The van der Waals surface area contributed by atoms with Crippen LogP contribution in [0.25, 0.3) is 10.9 Å². The molecular weight excluding hydrogens is 208 g/mol. The Kier molecular flexibility index (Phi) is 2.71. The second-order valence-electron chi connectivity index (χ2n) is 5.03. The smallest absolute Gasteiger partial charge is 0.129 e. The summed E-state index contributed by atoms with van der Waals surface area (Å²) in [6.07, 6.45) is 2.57. The van der Waals surface area contributed by atoms with Gasteiger partial charge in [-0.25, -0.2) is 4.98 Å². The predicted molar refractivity (Wildman–Crippen MR) is 72.4 cm³/mol. The van der Waals surface area contributed by atoms with Crippen molar-refractivity contribution in [3.8, 4) is 0 Å². The van der Waals surface area contributed by atoms with Gasteiger partial charge in [0.25, 0.3) is 0 Å². The first-order valence-electron chi connectivity index (χ1n) is 6.44. The number of aromatic nitrogens is 1. The Labute approximate surface area is 102 Å². The van der Waals surface area contributed by atoms with Crippen LogP contribution in [0.4, 0.5) is 5.82 Å². The second kappa shape index (κ2) is 4.36. The molecule has 1 aromatic heterocycles. The molecule has 0 amide bonds. The monoisotopic (exact) mass is 226 g/mol. The molecule has 17 heavy (non-hydrogen) atoms. The molecule has 0 radical (unpaired) electrons. The maximum atomic E-state index is 4.75. The molecular formula is C15H18N2. The van der Waals surface area contributed by atoms with Crippen molar-refractivity contribution in [3.05, 3.63) is 36.4 Å². The van der Waals surface area contributed by atoms with E-state index in [1.807, 2.05) is 0 Å². The van der Waals surface area contributed by atoms with Crippen molar-refractivity contribution in [1.82, 2.24) is 4.98 Å². The number of pyridine rings is 1. The van der Waals surface area contributed by atoms with Crippen molar-refractivity contribution >= 4 is 16.7 Å². The first-order valence-corrected chi connectivity index (χ1v) is 6.44. The van der Waals surface area contributed by atoms with Crippen molar-refractivity contribution in [3.63, 3.8) is 0 Å². The fraction of sp³-hybridized carbons (Fsp3) is 0.400. The minimum absolute atomic E-state index is 0.867. The van der Waals surface area contributed by atoms with Crippen LogP contribution in [0.1, 0.15) is 19.8 Å². The molecule has 3 rings (SSSR count). The summed E-state index contributed by atoms with van der Waals surface area (Å²) < 4.78 is 0. The van der Waals surface area contributed by atoms with Crippen molar-refractivity contribution in [2.24, 2.45) is 5.92 Å². The Morgan fingerprint density at radius 1 is 1.06 bits per heavy atom. The summed E-state index contributed by atoms with van der Waals surface area (Å²) in [7, 11) is 0. The molecule has 1 aliphatic heterocycles. The molecule has 0 saturated carbocycles. The summed E-state index contributed by atoms with van der Waals surface area (Å²) in [5, 5.41) is 1.22. The van der Waals surface area contributed by atoms with E-state index in [0.29, 0.717) is 0 Å². The lowest BCUT2D eigenvalue weighted by atomic mass is 9.99. The molecule has 2 aromatic rings. The van der Waals surface area contributed by atoms with Gasteiger partial charge in [-0.2, -0.15) is 0 Å². The molecule has 0 bridgehead atoms. The lowest BCUT2D eigenvalue weighted by Crippen LogP contribution is -2.33. The van der Waals surface area contributed by atoms with Crippen molar-refractivity contribution in [2.45, 2.75) is 19.8 Å². The van der Waals surface area contributed by atoms with Crippen LogP contribution in [0.2, 0.25) is 0 Å². The summed E-state index contributed by atoms with van der Waals surface area (Å²) in [5.74, 6) is 2.00. The number of fused-ring (bicyclic) bond motifs is 1. The number of nitrogens with zero attached hydrogens (tertiary/aromatic N) is 2. The van der Waals surface area contributed by atoms with Crippen LogP contribution in [0, 0.1) is 5.92 Å². The first-order chi connectivity index (χ1) is 8.33. The van der Waals surface area contributed by atoms with Crippen LogP contribution in [0.3, 0.4) is 0 Å². The third-order valence-corrected chi connectivity index (χ3v) is 3.69. The summed E-state index contributed by atoms with van der Waals surface area (Å²) >= 11 is 0. The molecule has 1 aromatic carbocycles. The van der Waals surface area contributed by atoms with Gasteiger partial charge in [-0.1, -0.05) is 25.1 Å². The number of para-hydroxylation sites is 1. The fourth-order valence-corrected chi connectivity index (χ4v) is 2.47. The van der Waals surface area contributed by atoms with E-state index in [1.54, 1.807) is 0 Å².